The Balaban J connectivity index is 1.28. The van der Waals surface area contributed by atoms with E-state index in [0.717, 1.165) is 74.5 Å². The van der Waals surface area contributed by atoms with Gasteiger partial charge in [-0.2, -0.15) is 0 Å². The maximum atomic E-state index is 6.50. The fraction of sp³-hybridized carbons (Fsp3) is 0.478. The number of morpholine rings is 1. The van der Waals surface area contributed by atoms with E-state index in [9.17, 15) is 0 Å². The summed E-state index contributed by atoms with van der Waals surface area (Å²) in [5.41, 5.74) is 2.75. The van der Waals surface area contributed by atoms with Crippen LogP contribution >= 0.6 is 11.6 Å². The quantitative estimate of drug-likeness (QED) is 0.540. The van der Waals surface area contributed by atoms with Crippen LogP contribution in [0.3, 0.4) is 0 Å². The number of hydrogen-bond acceptors (Lipinski definition) is 9. The first-order chi connectivity index (χ1) is 16.2. The van der Waals surface area contributed by atoms with Crippen LogP contribution in [-0.4, -0.2) is 65.5 Å². The van der Waals surface area contributed by atoms with Crippen molar-refractivity contribution in [2.45, 2.75) is 37.8 Å². The van der Waals surface area contributed by atoms with Gasteiger partial charge in [0.2, 0.25) is 0 Å². The first-order valence-corrected chi connectivity index (χ1v) is 11.6. The number of aromatic nitrogens is 4. The summed E-state index contributed by atoms with van der Waals surface area (Å²) in [5.74, 6) is 1.90. The van der Waals surface area contributed by atoms with Crippen LogP contribution < -0.4 is 19.7 Å². The topological polar surface area (TPSA) is 94.5 Å². The maximum Gasteiger partial charge on any atom is 0.198 e. The van der Waals surface area contributed by atoms with Gasteiger partial charge in [0.25, 0.3) is 0 Å². The van der Waals surface area contributed by atoms with Gasteiger partial charge in [0.15, 0.2) is 16.7 Å². The van der Waals surface area contributed by atoms with Gasteiger partial charge in [0.1, 0.15) is 17.6 Å². The van der Waals surface area contributed by atoms with Crippen LogP contribution in [0, 0.1) is 0 Å². The molecule has 1 aliphatic heterocycles. The number of nitrogens with zero attached hydrogens (tertiary/aromatic N) is 5. The summed E-state index contributed by atoms with van der Waals surface area (Å²) in [6, 6.07) is 4.45. The Morgan fingerprint density at radius 2 is 1.82 bits per heavy atom. The molecule has 0 amide bonds. The van der Waals surface area contributed by atoms with Crippen LogP contribution in [-0.2, 0) is 4.74 Å². The average molecular weight is 471 g/mol. The minimum absolute atomic E-state index is 0.115. The van der Waals surface area contributed by atoms with Crippen molar-refractivity contribution in [2.24, 2.45) is 0 Å². The van der Waals surface area contributed by atoms with E-state index in [1.807, 2.05) is 0 Å². The van der Waals surface area contributed by atoms with Crippen molar-refractivity contribution in [3.8, 4) is 11.5 Å². The summed E-state index contributed by atoms with van der Waals surface area (Å²) in [5, 5.41) is 3.76. The lowest BCUT2D eigenvalue weighted by molar-refractivity contribution is 0.122. The lowest BCUT2D eigenvalue weighted by Crippen LogP contribution is -2.36. The van der Waals surface area contributed by atoms with Gasteiger partial charge in [-0.1, -0.05) is 11.6 Å². The molecule has 1 saturated heterocycles. The Labute approximate surface area is 197 Å². The van der Waals surface area contributed by atoms with E-state index in [4.69, 9.17) is 25.8 Å². The highest BCUT2D eigenvalue weighted by Crippen LogP contribution is 2.34. The Hall–Kier alpha value is -2.91. The summed E-state index contributed by atoms with van der Waals surface area (Å²) >= 11 is 6.12. The second kappa shape index (κ2) is 9.93. The van der Waals surface area contributed by atoms with E-state index in [-0.39, 0.29) is 12.1 Å². The highest BCUT2D eigenvalue weighted by atomic mass is 35.5. The predicted octanol–water partition coefficient (Wildman–Crippen LogP) is 3.72. The number of anilines is 2. The van der Waals surface area contributed by atoms with Gasteiger partial charge < -0.3 is 24.4 Å². The van der Waals surface area contributed by atoms with E-state index in [1.54, 1.807) is 19.5 Å². The molecule has 174 valence electrons. The smallest absolute Gasteiger partial charge is 0.198 e. The number of rotatable bonds is 6. The van der Waals surface area contributed by atoms with E-state index < -0.39 is 0 Å². The fourth-order valence-electron chi connectivity index (χ4n) is 4.46. The van der Waals surface area contributed by atoms with Crippen molar-refractivity contribution in [2.75, 3.05) is 43.6 Å². The summed E-state index contributed by atoms with van der Waals surface area (Å²) in [6.07, 6.45) is 8.72. The van der Waals surface area contributed by atoms with Gasteiger partial charge in [-0.05, 0) is 31.7 Å². The molecular weight excluding hydrogens is 444 g/mol. The van der Waals surface area contributed by atoms with Crippen LogP contribution in [0.25, 0.3) is 11.0 Å². The molecular formula is C23H27ClN6O3. The Morgan fingerprint density at radius 3 is 2.61 bits per heavy atom. The number of methoxy groups -OCH3 is 1. The Bertz CT molecular complexity index is 1100. The average Bonchev–Trinajstić information content (AvgIpc) is 2.86. The summed E-state index contributed by atoms with van der Waals surface area (Å²) in [6.45, 7) is 3.18. The van der Waals surface area contributed by atoms with Gasteiger partial charge in [-0.25, -0.2) is 15.0 Å². The van der Waals surface area contributed by atoms with E-state index in [2.05, 4.69) is 42.3 Å². The van der Waals surface area contributed by atoms with Crippen molar-refractivity contribution in [3.63, 3.8) is 0 Å². The molecule has 1 aliphatic carbocycles. The van der Waals surface area contributed by atoms with Gasteiger partial charge in [-0.15, -0.1) is 0 Å². The van der Waals surface area contributed by atoms with E-state index in [0.29, 0.717) is 16.7 Å². The minimum atomic E-state index is 0.115. The summed E-state index contributed by atoms with van der Waals surface area (Å²) < 4.78 is 17.4. The molecule has 0 unspecified atom stereocenters. The first-order valence-electron chi connectivity index (χ1n) is 11.3. The van der Waals surface area contributed by atoms with Crippen LogP contribution in [0.1, 0.15) is 25.7 Å². The molecule has 0 bridgehead atoms. The van der Waals surface area contributed by atoms with Gasteiger partial charge in [0.05, 0.1) is 31.9 Å². The molecule has 3 heterocycles. The van der Waals surface area contributed by atoms with Crippen LogP contribution in [0.15, 0.2) is 30.9 Å². The first kappa shape index (κ1) is 21.9. The predicted molar refractivity (Wildman–Crippen MR) is 126 cm³/mol. The number of halogens is 1. The third-order valence-electron chi connectivity index (χ3n) is 6.17. The zero-order chi connectivity index (χ0) is 22.6. The van der Waals surface area contributed by atoms with Crippen molar-refractivity contribution in [3.05, 3.63) is 36.0 Å². The third-order valence-corrected chi connectivity index (χ3v) is 6.44. The molecule has 0 radical (unpaired) electrons. The van der Waals surface area contributed by atoms with Gasteiger partial charge in [-0.3, -0.25) is 4.98 Å². The molecule has 2 aliphatic rings. The number of nitrogens with one attached hydrogen (secondary N) is 1. The zero-order valence-corrected chi connectivity index (χ0v) is 19.3. The molecule has 9 nitrogen and oxygen atoms in total. The third kappa shape index (κ3) is 4.89. The maximum absolute atomic E-state index is 6.50. The second-order valence-electron chi connectivity index (χ2n) is 8.25. The molecule has 3 aromatic rings. The molecule has 0 atom stereocenters. The van der Waals surface area contributed by atoms with E-state index in [1.165, 1.54) is 6.33 Å². The lowest BCUT2D eigenvalue weighted by Gasteiger charge is -2.31. The normalized spacial score (nSPS) is 21.1. The lowest BCUT2D eigenvalue weighted by atomic mass is 9.93. The zero-order valence-electron chi connectivity index (χ0n) is 18.5. The van der Waals surface area contributed by atoms with Crippen LogP contribution in [0.2, 0.25) is 5.15 Å². The summed E-state index contributed by atoms with van der Waals surface area (Å²) in [7, 11) is 1.57. The van der Waals surface area contributed by atoms with Crippen molar-refractivity contribution in [1.82, 2.24) is 19.9 Å². The van der Waals surface area contributed by atoms with Crippen molar-refractivity contribution < 1.29 is 14.2 Å². The standard InChI is InChI=1S/C23H27ClN6O3/c1-31-21-22(24)27-14-28-23(21)29-15-2-4-17(5-3-15)33-19-13-16(30-8-10-32-11-9-30)12-18-20(19)26-7-6-25-18/h6-7,12-15,17H,2-5,8-11H2,1H3,(H,27,28,29). The molecule has 33 heavy (non-hydrogen) atoms. The number of ether oxygens (including phenoxy) is 3. The molecule has 2 fully saturated rings. The Morgan fingerprint density at radius 1 is 1.03 bits per heavy atom. The van der Waals surface area contributed by atoms with Crippen molar-refractivity contribution >= 4 is 34.1 Å². The molecule has 10 heteroatoms. The van der Waals surface area contributed by atoms with Crippen LogP contribution in [0.4, 0.5) is 11.5 Å². The molecule has 5 rings (SSSR count). The highest BCUT2D eigenvalue weighted by Gasteiger charge is 2.25. The largest absolute Gasteiger partial charge is 0.490 e. The molecule has 1 N–H and O–H groups in total. The molecule has 1 saturated carbocycles. The van der Waals surface area contributed by atoms with Crippen LogP contribution in [0.5, 0.6) is 11.5 Å². The molecule has 1 aromatic carbocycles. The van der Waals surface area contributed by atoms with E-state index >= 15 is 0 Å². The molecule has 0 spiro atoms. The number of hydrogen-bond donors (Lipinski definition) is 1. The minimum Gasteiger partial charge on any atom is -0.490 e. The summed E-state index contributed by atoms with van der Waals surface area (Å²) in [4.78, 5) is 19.7. The van der Waals surface area contributed by atoms with Crippen molar-refractivity contribution in [1.29, 1.82) is 0 Å². The van der Waals surface area contributed by atoms with Gasteiger partial charge >= 0.3 is 0 Å². The number of benzene rings is 1. The Kier molecular flexibility index (Phi) is 6.59. The number of fused-ring (bicyclic) bond motifs is 1. The second-order valence-corrected chi connectivity index (χ2v) is 8.61. The highest BCUT2D eigenvalue weighted by molar-refractivity contribution is 6.31. The fourth-order valence-corrected chi connectivity index (χ4v) is 4.67. The monoisotopic (exact) mass is 470 g/mol. The molecule has 2 aromatic heterocycles. The SMILES string of the molecule is COc1c(Cl)ncnc1NC1CCC(Oc2cc(N3CCOCC3)cc3nccnc23)CC1. The van der Waals surface area contributed by atoms with Gasteiger partial charge in [0, 0.05) is 43.3 Å².